The summed E-state index contributed by atoms with van der Waals surface area (Å²) in [6, 6.07) is 18.2. The number of benzene rings is 5. The molecule has 0 radical (unpaired) electrons. The number of hydrogen-bond acceptors (Lipinski definition) is 16. The number of carbonyl (C=O) groups is 4. The number of aromatic hydroxyl groups is 1. The van der Waals surface area contributed by atoms with Crippen molar-refractivity contribution in [3.05, 3.63) is 152 Å². The molecule has 5 aromatic carbocycles. The summed E-state index contributed by atoms with van der Waals surface area (Å²) in [6.07, 6.45) is 1.28. The average Bonchev–Trinajstić information content (AvgIpc) is 1.62. The van der Waals surface area contributed by atoms with E-state index in [1.54, 1.807) is 24.1 Å². The molecule has 3 heterocycles. The fourth-order valence-corrected chi connectivity index (χ4v) is 12.1. The summed E-state index contributed by atoms with van der Waals surface area (Å²) in [5, 5.41) is 28.0. The van der Waals surface area contributed by atoms with Crippen LogP contribution in [0.15, 0.2) is 91.5 Å². The normalized spacial score (nSPS) is 17.5. The molecule has 18 nitrogen and oxygen atoms in total. The van der Waals surface area contributed by atoms with Crippen molar-refractivity contribution in [2.45, 2.75) is 63.5 Å². The number of Topliss-reactive ketones (excluding diaryl/α,β-unsaturated/α-hetero) is 2. The Kier molecular flexibility index (Phi) is 23.8. The van der Waals surface area contributed by atoms with Gasteiger partial charge in [-0.2, -0.15) is 10.2 Å². The van der Waals surface area contributed by atoms with Gasteiger partial charge in [-0.1, -0.05) is 98.6 Å². The van der Waals surface area contributed by atoms with Crippen LogP contribution in [0.3, 0.4) is 0 Å². The van der Waals surface area contributed by atoms with E-state index < -0.39 is 69.2 Å². The number of ketones is 2. The molecular formula is C66H71Cl3F4N8O10. The first-order valence-corrected chi connectivity index (χ1v) is 30.6. The summed E-state index contributed by atoms with van der Waals surface area (Å²) in [5.74, 6) is -5.99. The van der Waals surface area contributed by atoms with Gasteiger partial charge in [0.25, 0.3) is 0 Å². The fraction of sp³-hybridized carbons (Fsp3) is 0.409. The Morgan fingerprint density at radius 3 is 2.18 bits per heavy atom. The zero-order valence-electron chi connectivity index (χ0n) is 51.0. The number of aromatic nitrogens is 2. The van der Waals surface area contributed by atoms with Crippen LogP contribution >= 0.6 is 34.8 Å². The van der Waals surface area contributed by atoms with Crippen LogP contribution < -0.4 is 20.3 Å². The number of halogens is 7. The minimum absolute atomic E-state index is 0.0103. The molecule has 25 heteroatoms. The van der Waals surface area contributed by atoms with Gasteiger partial charge in [-0.25, -0.2) is 22.5 Å². The van der Waals surface area contributed by atoms with Crippen molar-refractivity contribution in [3.8, 4) is 28.7 Å². The molecule has 91 heavy (non-hydrogen) atoms. The third kappa shape index (κ3) is 16.4. The Labute approximate surface area is 540 Å². The van der Waals surface area contributed by atoms with Crippen molar-refractivity contribution in [1.29, 1.82) is 5.26 Å². The Bertz CT molecular complexity index is 3680. The maximum Gasteiger partial charge on any atom is 0.246 e. The summed E-state index contributed by atoms with van der Waals surface area (Å²) in [6.45, 7) is 12.3. The number of rotatable bonds is 29. The van der Waals surface area contributed by atoms with E-state index in [4.69, 9.17) is 58.5 Å². The lowest BCUT2D eigenvalue weighted by Crippen LogP contribution is -2.48. The zero-order valence-corrected chi connectivity index (χ0v) is 53.3. The van der Waals surface area contributed by atoms with E-state index >= 15 is 17.6 Å². The summed E-state index contributed by atoms with van der Waals surface area (Å²) in [5.41, 5.74) is -2.64. The molecule has 4 atom stereocenters. The monoisotopic (exact) mass is 1320 g/mol. The quantitative estimate of drug-likeness (QED) is 0.0172. The molecule has 0 aliphatic carbocycles. The van der Waals surface area contributed by atoms with E-state index in [-0.39, 0.29) is 156 Å². The first-order chi connectivity index (χ1) is 43.5. The van der Waals surface area contributed by atoms with Crippen molar-refractivity contribution in [3.63, 3.8) is 0 Å². The van der Waals surface area contributed by atoms with Crippen LogP contribution in [0.4, 0.5) is 29.3 Å². The summed E-state index contributed by atoms with van der Waals surface area (Å²) in [7, 11) is 3.02. The number of fused-ring (bicyclic) bond motifs is 1. The molecule has 0 unspecified atom stereocenters. The molecule has 484 valence electrons. The smallest absolute Gasteiger partial charge is 0.246 e. The van der Waals surface area contributed by atoms with Crippen LogP contribution in [0.25, 0.3) is 22.0 Å². The van der Waals surface area contributed by atoms with E-state index in [1.165, 1.54) is 72.7 Å². The number of ether oxygens (including phenoxy) is 5. The van der Waals surface area contributed by atoms with Gasteiger partial charge < -0.3 is 54.1 Å². The lowest BCUT2D eigenvalue weighted by Gasteiger charge is -2.37. The molecule has 2 saturated heterocycles. The molecule has 0 spiro atoms. The molecule has 2 aliphatic heterocycles. The SMILES string of the molecule is C=CC(=O)N1CCN(c2nc(NCCC(=O)N(C)CCOCCOCCOCCOCC(=O)c3ccc(CC(=O)[C@@H]4N[C@@H](CC(C)(C)C)[C@](C#N)(c5ccc(Cl)cc5F)[C@H]4c4cccc(Cl)c4F)c(OC)c3)nc3c(F)c(-c4c(O)cccc4F)c(Cl)cc23)CC1. The van der Waals surface area contributed by atoms with Gasteiger partial charge in [0.2, 0.25) is 17.8 Å². The van der Waals surface area contributed by atoms with Crippen LogP contribution in [-0.2, 0) is 45.2 Å². The third-order valence-electron chi connectivity index (χ3n) is 15.9. The number of phenols is 1. The number of nitrogens with one attached hydrogen (secondary N) is 2. The van der Waals surface area contributed by atoms with Crippen LogP contribution in [0, 0.1) is 40.0 Å². The van der Waals surface area contributed by atoms with E-state index in [9.17, 15) is 29.5 Å². The highest BCUT2D eigenvalue weighted by Gasteiger charge is 2.61. The standard InChI is InChI=1S/C66H71Cl3F4N8O10/c1-7-54(85)80-20-22-81(23-21-80)63-43-35-46(69)56(57-47(70)12-9-13-49(57)82)60(73)61(43)77-64(78-63)75-19-18-55(86)79(5)24-25-88-26-27-89-28-29-90-30-31-91-37-51(84)39-14-15-40(52(33-39)87-6)32-50(83)62-58(42-10-8-11-45(68)59(42)72)66(38-74,53(76-62)36-65(2,3)4)44-17-16-41(67)34-48(44)71/h7-17,33-35,53,58,62,76,82H,1,18-32,36-37H2,2-6H3,(H,75,77,78)/t53-,58-,62-,66-/m0/s1. The molecule has 3 N–H and O–H groups in total. The lowest BCUT2D eigenvalue weighted by atomic mass is 9.62. The topological polar surface area (TPSA) is 218 Å². The second-order valence-corrected chi connectivity index (χ2v) is 24.4. The van der Waals surface area contributed by atoms with Gasteiger partial charge in [-0.15, -0.1) is 0 Å². The minimum atomic E-state index is -1.80. The largest absolute Gasteiger partial charge is 0.507 e. The van der Waals surface area contributed by atoms with Gasteiger partial charge >= 0.3 is 0 Å². The Balaban J connectivity index is 0.750. The van der Waals surface area contributed by atoms with Crippen molar-refractivity contribution >= 4 is 80.9 Å². The Hall–Kier alpha value is -7.46. The lowest BCUT2D eigenvalue weighted by molar-refractivity contribution is -0.130. The van der Waals surface area contributed by atoms with Gasteiger partial charge in [-0.05, 0) is 65.9 Å². The maximum atomic E-state index is 16.5. The van der Waals surface area contributed by atoms with Crippen LogP contribution in [0.5, 0.6) is 11.5 Å². The highest BCUT2D eigenvalue weighted by molar-refractivity contribution is 6.34. The van der Waals surface area contributed by atoms with Crippen molar-refractivity contribution < 1.29 is 65.5 Å². The van der Waals surface area contributed by atoms with Gasteiger partial charge in [-0.3, -0.25) is 19.2 Å². The number of nitriles is 1. The van der Waals surface area contributed by atoms with Crippen molar-refractivity contribution in [1.82, 2.24) is 25.1 Å². The van der Waals surface area contributed by atoms with Gasteiger partial charge in [0.15, 0.2) is 17.4 Å². The van der Waals surface area contributed by atoms with E-state index in [1.807, 2.05) is 25.7 Å². The van der Waals surface area contributed by atoms with Gasteiger partial charge in [0.1, 0.15) is 52.3 Å². The molecule has 2 amide bonds. The molecule has 8 rings (SSSR count). The Morgan fingerprint density at radius 1 is 0.846 bits per heavy atom. The highest BCUT2D eigenvalue weighted by atomic mass is 35.5. The first kappa shape index (κ1) is 69.4. The third-order valence-corrected chi connectivity index (χ3v) is 16.7. The summed E-state index contributed by atoms with van der Waals surface area (Å²) >= 11 is 19.1. The number of methoxy groups -OCH3 is 1. The van der Waals surface area contributed by atoms with E-state index in [2.05, 4.69) is 33.2 Å². The molecule has 0 saturated carbocycles. The average molecular weight is 1320 g/mol. The predicted octanol–water partition coefficient (Wildman–Crippen LogP) is 10.7. The van der Waals surface area contributed by atoms with E-state index in [0.29, 0.717) is 44.0 Å². The molecule has 1 aromatic heterocycles. The molecular weight excluding hydrogens is 1250 g/mol. The Morgan fingerprint density at radius 2 is 1.53 bits per heavy atom. The number of hydrogen-bond donors (Lipinski definition) is 3. The van der Waals surface area contributed by atoms with E-state index in [0.717, 1.165) is 12.1 Å². The van der Waals surface area contributed by atoms with Gasteiger partial charge in [0.05, 0.1) is 81.1 Å². The van der Waals surface area contributed by atoms with Crippen molar-refractivity contribution in [2.24, 2.45) is 5.41 Å². The minimum Gasteiger partial charge on any atom is -0.507 e. The molecule has 2 aliphatic rings. The first-order valence-electron chi connectivity index (χ1n) is 29.4. The second-order valence-electron chi connectivity index (χ2n) is 23.1. The number of phenolic OH excluding ortho intramolecular Hbond substituents is 1. The van der Waals surface area contributed by atoms with Gasteiger partial charge in [0, 0.05) is 104 Å². The molecule has 0 bridgehead atoms. The second kappa shape index (κ2) is 31.2. The number of likely N-dealkylation sites (N-methyl/N-ethyl adjacent to an activating group) is 1. The van der Waals surface area contributed by atoms with Crippen LogP contribution in [0.1, 0.15) is 66.6 Å². The number of carbonyl (C=O) groups excluding carboxylic acids is 4. The fourth-order valence-electron chi connectivity index (χ4n) is 11.4. The number of anilines is 2. The number of nitrogens with zero attached hydrogens (tertiary/aromatic N) is 6. The number of amides is 2. The van der Waals surface area contributed by atoms with Crippen molar-refractivity contribution in [2.75, 3.05) is 116 Å². The maximum absolute atomic E-state index is 16.5. The predicted molar refractivity (Wildman–Crippen MR) is 338 cm³/mol. The summed E-state index contributed by atoms with van der Waals surface area (Å²) < 4.78 is 92.0. The number of piperazine rings is 1. The zero-order chi connectivity index (χ0) is 65.7. The molecule has 6 aromatic rings. The molecule has 2 fully saturated rings. The van der Waals surface area contributed by atoms with Crippen LogP contribution in [0.2, 0.25) is 15.1 Å². The van der Waals surface area contributed by atoms with Crippen LogP contribution in [-0.4, -0.2) is 167 Å². The summed E-state index contributed by atoms with van der Waals surface area (Å²) in [4.78, 5) is 67.4. The highest BCUT2D eigenvalue weighted by Crippen LogP contribution is 2.53.